The third-order valence-corrected chi connectivity index (χ3v) is 6.48. The van der Waals surface area contributed by atoms with Gasteiger partial charge < -0.3 is 4.90 Å². The molecule has 1 saturated heterocycles. The lowest BCUT2D eigenvalue weighted by Crippen LogP contribution is -2.30. The molecule has 2 heterocycles. The summed E-state index contributed by atoms with van der Waals surface area (Å²) in [7, 11) is -3.63. The van der Waals surface area contributed by atoms with E-state index in [0.717, 1.165) is 0 Å². The number of carbonyl (C=O) groups is 1. The molecule has 1 atom stereocenters. The van der Waals surface area contributed by atoms with Gasteiger partial charge in [0.2, 0.25) is 0 Å². The molecule has 26 heavy (non-hydrogen) atoms. The van der Waals surface area contributed by atoms with E-state index in [0.29, 0.717) is 34.3 Å². The summed E-state index contributed by atoms with van der Waals surface area (Å²) in [5, 5.41) is 0.778. The van der Waals surface area contributed by atoms with Crippen LogP contribution in [0.25, 0.3) is 0 Å². The van der Waals surface area contributed by atoms with Gasteiger partial charge in [0.1, 0.15) is 11.9 Å². The molecule has 4 rings (SSSR count). The van der Waals surface area contributed by atoms with Gasteiger partial charge in [-0.3, -0.25) is 14.5 Å². The molecule has 9 heteroatoms. The smallest absolute Gasteiger partial charge is 0.263 e. The summed E-state index contributed by atoms with van der Waals surface area (Å²) in [6, 6.07) is 10.9. The number of fused-ring (bicyclic) bond motifs is 1. The van der Waals surface area contributed by atoms with E-state index in [1.165, 1.54) is 6.07 Å². The molecule has 0 aromatic heterocycles. The molecular weight excluding hydrogens is 397 g/mol. The number of carbonyl (C=O) groups excluding carboxylic acids is 1. The van der Waals surface area contributed by atoms with Crippen molar-refractivity contribution >= 4 is 50.7 Å². The van der Waals surface area contributed by atoms with E-state index in [1.807, 2.05) is 0 Å². The van der Waals surface area contributed by atoms with Gasteiger partial charge in [-0.15, -0.1) is 0 Å². The first-order chi connectivity index (χ1) is 12.4. The van der Waals surface area contributed by atoms with Crippen LogP contribution in [0.15, 0.2) is 52.4 Å². The fraction of sp³-hybridized carbons (Fsp3) is 0.176. The molecule has 134 valence electrons. The highest BCUT2D eigenvalue weighted by molar-refractivity contribution is 7.90. The standard InChI is InChI=1S/C17H13Cl2N3O3S/c18-12-6-5-10(9-13(12)19)22-8-7-14(17(22)23)20-16-11-3-1-2-4-15(11)26(24,25)21-16/h1-6,9,14H,7-8H2,(H,20,21). The molecule has 2 aliphatic rings. The number of amidine groups is 1. The second-order valence-corrected chi connectivity index (χ2v) is 8.44. The molecule has 1 N–H and O–H groups in total. The Kier molecular flexibility index (Phi) is 4.17. The first-order valence-corrected chi connectivity index (χ1v) is 10.1. The van der Waals surface area contributed by atoms with Gasteiger partial charge in [-0.1, -0.05) is 35.3 Å². The predicted octanol–water partition coefficient (Wildman–Crippen LogP) is 2.84. The molecule has 1 unspecified atom stereocenters. The van der Waals surface area contributed by atoms with Crippen LogP contribution in [0.3, 0.4) is 0 Å². The lowest BCUT2D eigenvalue weighted by atomic mass is 10.2. The van der Waals surface area contributed by atoms with E-state index < -0.39 is 16.1 Å². The second kappa shape index (κ2) is 6.26. The van der Waals surface area contributed by atoms with Gasteiger partial charge in [0.05, 0.1) is 14.9 Å². The first kappa shape index (κ1) is 17.3. The van der Waals surface area contributed by atoms with Gasteiger partial charge in [0.25, 0.3) is 15.9 Å². The summed E-state index contributed by atoms with van der Waals surface area (Å²) in [6.07, 6.45) is 0.479. The molecule has 0 aliphatic carbocycles. The molecule has 2 aromatic carbocycles. The summed E-state index contributed by atoms with van der Waals surface area (Å²) in [5.74, 6) is -0.00518. The fourth-order valence-corrected chi connectivity index (χ4v) is 4.61. The Morgan fingerprint density at radius 2 is 1.88 bits per heavy atom. The van der Waals surface area contributed by atoms with Crippen molar-refractivity contribution in [3.05, 3.63) is 58.1 Å². The number of nitrogens with one attached hydrogen (secondary N) is 1. The van der Waals surface area contributed by atoms with Crippen LogP contribution in [0, 0.1) is 0 Å². The topological polar surface area (TPSA) is 78.8 Å². The zero-order chi connectivity index (χ0) is 18.5. The summed E-state index contributed by atoms with van der Waals surface area (Å²) in [6.45, 7) is 0.465. The molecule has 0 bridgehead atoms. The molecule has 0 spiro atoms. The number of halogens is 2. The van der Waals surface area contributed by atoms with Crippen LogP contribution in [0.1, 0.15) is 12.0 Å². The first-order valence-electron chi connectivity index (χ1n) is 7.83. The Labute approximate surface area is 160 Å². The Hall–Kier alpha value is -2.09. The molecule has 0 radical (unpaired) electrons. The van der Waals surface area contributed by atoms with Crippen LogP contribution in [-0.2, 0) is 14.8 Å². The van der Waals surface area contributed by atoms with Crippen molar-refractivity contribution in [2.24, 2.45) is 4.99 Å². The summed E-state index contributed by atoms with van der Waals surface area (Å²) >= 11 is 11.9. The Morgan fingerprint density at radius 3 is 2.65 bits per heavy atom. The largest absolute Gasteiger partial charge is 0.310 e. The number of anilines is 1. The van der Waals surface area contributed by atoms with Gasteiger partial charge in [0.15, 0.2) is 0 Å². The van der Waals surface area contributed by atoms with Crippen molar-refractivity contribution in [3.8, 4) is 0 Å². The van der Waals surface area contributed by atoms with Crippen LogP contribution in [0.5, 0.6) is 0 Å². The normalized spacial score (nSPS) is 22.5. The fourth-order valence-electron chi connectivity index (χ4n) is 3.08. The zero-order valence-electron chi connectivity index (χ0n) is 13.3. The van der Waals surface area contributed by atoms with Crippen molar-refractivity contribution in [2.45, 2.75) is 17.4 Å². The number of rotatable bonds is 2. The maximum atomic E-state index is 12.7. The third kappa shape index (κ3) is 2.86. The van der Waals surface area contributed by atoms with Gasteiger partial charge in [-0.05, 0) is 36.8 Å². The van der Waals surface area contributed by atoms with Gasteiger partial charge >= 0.3 is 0 Å². The van der Waals surface area contributed by atoms with E-state index in [9.17, 15) is 13.2 Å². The Balaban J connectivity index is 1.64. The number of aliphatic imine (C=N–C) groups is 1. The number of nitrogens with zero attached hydrogens (tertiary/aromatic N) is 2. The molecule has 2 aliphatic heterocycles. The predicted molar refractivity (Wildman–Crippen MR) is 101 cm³/mol. The maximum absolute atomic E-state index is 12.7. The van der Waals surface area contributed by atoms with E-state index in [4.69, 9.17) is 23.2 Å². The maximum Gasteiger partial charge on any atom is 0.263 e. The average molecular weight is 410 g/mol. The summed E-state index contributed by atoms with van der Waals surface area (Å²) in [4.78, 5) is 18.9. The van der Waals surface area contributed by atoms with E-state index in [-0.39, 0.29) is 16.6 Å². The zero-order valence-corrected chi connectivity index (χ0v) is 15.6. The highest BCUT2D eigenvalue weighted by atomic mass is 35.5. The molecule has 6 nitrogen and oxygen atoms in total. The monoisotopic (exact) mass is 409 g/mol. The molecular formula is C17H13Cl2N3O3S. The Morgan fingerprint density at radius 1 is 1.12 bits per heavy atom. The quantitative estimate of drug-likeness (QED) is 0.827. The van der Waals surface area contributed by atoms with E-state index in [1.54, 1.807) is 41.3 Å². The van der Waals surface area contributed by atoms with Crippen LogP contribution in [-0.4, -0.2) is 32.7 Å². The number of sulfonamides is 1. The van der Waals surface area contributed by atoms with Crippen molar-refractivity contribution in [2.75, 3.05) is 11.4 Å². The number of hydrogen-bond donors (Lipinski definition) is 1. The summed E-state index contributed by atoms with van der Waals surface area (Å²) < 4.78 is 26.7. The van der Waals surface area contributed by atoms with Gasteiger partial charge in [-0.25, -0.2) is 8.42 Å². The third-order valence-electron chi connectivity index (χ3n) is 4.34. The molecule has 0 saturated carbocycles. The van der Waals surface area contributed by atoms with Crippen molar-refractivity contribution < 1.29 is 13.2 Å². The van der Waals surface area contributed by atoms with Crippen LogP contribution < -0.4 is 9.62 Å². The number of hydrogen-bond acceptors (Lipinski definition) is 4. The highest BCUT2D eigenvalue weighted by Gasteiger charge is 2.36. The lowest BCUT2D eigenvalue weighted by Gasteiger charge is -2.16. The molecule has 1 amide bonds. The highest BCUT2D eigenvalue weighted by Crippen LogP contribution is 2.31. The minimum absolute atomic E-state index is 0.172. The minimum atomic E-state index is -3.63. The van der Waals surface area contributed by atoms with Crippen molar-refractivity contribution in [1.29, 1.82) is 0 Å². The van der Waals surface area contributed by atoms with E-state index in [2.05, 4.69) is 9.71 Å². The van der Waals surface area contributed by atoms with Crippen molar-refractivity contribution in [1.82, 2.24) is 4.72 Å². The minimum Gasteiger partial charge on any atom is -0.310 e. The number of amides is 1. The summed E-state index contributed by atoms with van der Waals surface area (Å²) in [5.41, 5.74) is 1.12. The van der Waals surface area contributed by atoms with Crippen LogP contribution >= 0.6 is 23.2 Å². The molecule has 1 fully saturated rings. The SMILES string of the molecule is O=C1C(N=C2NS(=O)(=O)c3ccccc32)CCN1c1ccc(Cl)c(Cl)c1. The number of benzene rings is 2. The van der Waals surface area contributed by atoms with E-state index >= 15 is 0 Å². The lowest BCUT2D eigenvalue weighted by molar-refractivity contribution is -0.118. The van der Waals surface area contributed by atoms with Crippen LogP contribution in [0.4, 0.5) is 5.69 Å². The average Bonchev–Trinajstić information content (AvgIpc) is 3.09. The second-order valence-electron chi connectivity index (χ2n) is 5.97. The molecule has 2 aromatic rings. The van der Waals surface area contributed by atoms with Gasteiger partial charge in [0, 0.05) is 17.8 Å². The van der Waals surface area contributed by atoms with Gasteiger partial charge in [-0.2, -0.15) is 0 Å². The van der Waals surface area contributed by atoms with Crippen molar-refractivity contribution in [3.63, 3.8) is 0 Å². The Bertz CT molecular complexity index is 1050. The van der Waals surface area contributed by atoms with Crippen LogP contribution in [0.2, 0.25) is 10.0 Å².